The van der Waals surface area contributed by atoms with E-state index in [1.807, 2.05) is 24.3 Å². The summed E-state index contributed by atoms with van der Waals surface area (Å²) in [6.07, 6.45) is 0.827. The summed E-state index contributed by atoms with van der Waals surface area (Å²) in [5.41, 5.74) is 3.25. The number of aryl methyl sites for hydroxylation is 1. The molecule has 0 heterocycles. The fourth-order valence-corrected chi connectivity index (χ4v) is 2.05. The summed E-state index contributed by atoms with van der Waals surface area (Å²) in [6.45, 7) is 2.68. The molecular weight excluding hydrogens is 316 g/mol. The van der Waals surface area contributed by atoms with Crippen LogP contribution in [0, 0.1) is 6.92 Å². The normalized spacial score (nSPS) is 10.1. The third kappa shape index (κ3) is 4.70. The van der Waals surface area contributed by atoms with Crippen molar-refractivity contribution in [3.63, 3.8) is 0 Å². The second-order valence-corrected chi connectivity index (χ2v) is 5.54. The molecule has 0 radical (unpaired) electrons. The van der Waals surface area contributed by atoms with E-state index in [-0.39, 0.29) is 6.03 Å². The van der Waals surface area contributed by atoms with Gasteiger partial charge in [-0.3, -0.25) is 0 Å². The number of anilines is 1. The van der Waals surface area contributed by atoms with Crippen molar-refractivity contribution in [2.24, 2.45) is 0 Å². The van der Waals surface area contributed by atoms with Crippen LogP contribution in [-0.4, -0.2) is 12.6 Å². The summed E-state index contributed by atoms with van der Waals surface area (Å²) in [5.74, 6) is 0. The van der Waals surface area contributed by atoms with Crippen molar-refractivity contribution < 1.29 is 4.79 Å². The Morgan fingerprint density at radius 3 is 2.35 bits per heavy atom. The van der Waals surface area contributed by atoms with Crippen molar-refractivity contribution in [2.45, 2.75) is 13.3 Å². The van der Waals surface area contributed by atoms with Gasteiger partial charge in [0.15, 0.2) is 0 Å². The Labute approximate surface area is 127 Å². The van der Waals surface area contributed by atoms with Crippen LogP contribution in [0.25, 0.3) is 0 Å². The highest BCUT2D eigenvalue weighted by Crippen LogP contribution is 2.13. The molecule has 0 unspecified atom stereocenters. The van der Waals surface area contributed by atoms with E-state index in [0.29, 0.717) is 6.54 Å². The summed E-state index contributed by atoms with van der Waals surface area (Å²) in [5, 5.41) is 5.64. The molecule has 2 aromatic carbocycles. The number of amides is 2. The maximum absolute atomic E-state index is 11.7. The fourth-order valence-electron chi connectivity index (χ4n) is 1.78. The second kappa shape index (κ2) is 7.10. The smallest absolute Gasteiger partial charge is 0.319 e. The third-order valence-electron chi connectivity index (χ3n) is 2.92. The lowest BCUT2D eigenvalue weighted by molar-refractivity contribution is 0.252. The van der Waals surface area contributed by atoms with Crippen molar-refractivity contribution >= 4 is 27.6 Å². The molecule has 0 saturated heterocycles. The third-order valence-corrected chi connectivity index (χ3v) is 3.45. The van der Waals surface area contributed by atoms with Crippen LogP contribution in [0.5, 0.6) is 0 Å². The minimum atomic E-state index is -0.181. The van der Waals surface area contributed by atoms with E-state index < -0.39 is 0 Å². The average molecular weight is 333 g/mol. The zero-order valence-electron chi connectivity index (χ0n) is 11.3. The Kier molecular flexibility index (Phi) is 5.18. The number of benzene rings is 2. The Balaban J connectivity index is 1.75. The molecule has 104 valence electrons. The summed E-state index contributed by atoms with van der Waals surface area (Å²) in [7, 11) is 0. The molecule has 4 heteroatoms. The van der Waals surface area contributed by atoms with Crippen molar-refractivity contribution in [1.82, 2.24) is 5.32 Å². The van der Waals surface area contributed by atoms with Crippen LogP contribution in [0.15, 0.2) is 53.0 Å². The van der Waals surface area contributed by atoms with Crippen LogP contribution < -0.4 is 10.6 Å². The molecule has 2 aromatic rings. The van der Waals surface area contributed by atoms with Crippen LogP contribution in [0.3, 0.4) is 0 Å². The van der Waals surface area contributed by atoms with Crippen molar-refractivity contribution in [1.29, 1.82) is 0 Å². The highest BCUT2D eigenvalue weighted by atomic mass is 79.9. The largest absolute Gasteiger partial charge is 0.338 e. The summed E-state index contributed by atoms with van der Waals surface area (Å²) in [4.78, 5) is 11.7. The Morgan fingerprint density at radius 2 is 1.70 bits per heavy atom. The molecule has 3 nitrogen and oxygen atoms in total. The predicted molar refractivity (Wildman–Crippen MR) is 86.0 cm³/mol. The number of carbonyl (C=O) groups excluding carboxylic acids is 1. The van der Waals surface area contributed by atoms with Gasteiger partial charge in [-0.15, -0.1) is 0 Å². The molecule has 0 aliphatic rings. The quantitative estimate of drug-likeness (QED) is 0.868. The lowest BCUT2D eigenvalue weighted by atomic mass is 10.1. The number of rotatable bonds is 4. The number of carbonyl (C=O) groups is 1. The van der Waals surface area contributed by atoms with Crippen molar-refractivity contribution in [2.75, 3.05) is 11.9 Å². The van der Waals surface area contributed by atoms with Gasteiger partial charge in [-0.1, -0.05) is 45.8 Å². The minimum Gasteiger partial charge on any atom is -0.338 e. The lowest BCUT2D eigenvalue weighted by Gasteiger charge is -2.08. The number of urea groups is 1. The van der Waals surface area contributed by atoms with Gasteiger partial charge in [0, 0.05) is 16.7 Å². The minimum absolute atomic E-state index is 0.181. The monoisotopic (exact) mass is 332 g/mol. The van der Waals surface area contributed by atoms with E-state index in [0.717, 1.165) is 16.6 Å². The molecule has 0 fully saturated rings. The van der Waals surface area contributed by atoms with Crippen LogP contribution in [0.1, 0.15) is 11.1 Å². The zero-order chi connectivity index (χ0) is 14.4. The van der Waals surface area contributed by atoms with E-state index in [4.69, 9.17) is 0 Å². The summed E-state index contributed by atoms with van der Waals surface area (Å²) in [6, 6.07) is 15.6. The topological polar surface area (TPSA) is 41.1 Å². The van der Waals surface area contributed by atoms with Gasteiger partial charge in [0.1, 0.15) is 0 Å². The Bertz CT molecular complexity index is 564. The molecular formula is C16H17BrN2O. The van der Waals surface area contributed by atoms with Crippen LogP contribution >= 0.6 is 15.9 Å². The molecule has 2 amide bonds. The first-order valence-corrected chi connectivity index (χ1v) is 7.29. The molecule has 0 spiro atoms. The van der Waals surface area contributed by atoms with Gasteiger partial charge in [0.05, 0.1) is 0 Å². The van der Waals surface area contributed by atoms with Crippen LogP contribution in [-0.2, 0) is 6.42 Å². The Hall–Kier alpha value is -1.81. The summed E-state index contributed by atoms with van der Waals surface area (Å²) >= 11 is 3.36. The van der Waals surface area contributed by atoms with Gasteiger partial charge in [0.25, 0.3) is 0 Å². The molecule has 2 N–H and O–H groups in total. The first kappa shape index (κ1) is 14.6. The summed E-state index contributed by atoms with van der Waals surface area (Å²) < 4.78 is 0.989. The lowest BCUT2D eigenvalue weighted by Crippen LogP contribution is -2.30. The van der Waals surface area contributed by atoms with Gasteiger partial charge >= 0.3 is 6.03 Å². The van der Waals surface area contributed by atoms with Gasteiger partial charge in [-0.05, 0) is 43.2 Å². The molecule has 0 atom stereocenters. The molecule has 0 aliphatic carbocycles. The number of hydrogen-bond acceptors (Lipinski definition) is 1. The van der Waals surface area contributed by atoms with E-state index in [9.17, 15) is 4.79 Å². The standard InChI is InChI=1S/C16H17BrN2O/c1-12-2-4-13(5-3-12)10-11-18-16(20)19-15-8-6-14(17)7-9-15/h2-9H,10-11H2,1H3,(H2,18,19,20). The highest BCUT2D eigenvalue weighted by Gasteiger charge is 2.01. The molecule has 0 bridgehead atoms. The van der Waals surface area contributed by atoms with Crippen molar-refractivity contribution in [3.8, 4) is 0 Å². The predicted octanol–water partition coefficient (Wildman–Crippen LogP) is 4.12. The average Bonchev–Trinajstić information content (AvgIpc) is 2.44. The number of hydrogen-bond donors (Lipinski definition) is 2. The van der Waals surface area contributed by atoms with Gasteiger partial charge in [-0.2, -0.15) is 0 Å². The van der Waals surface area contributed by atoms with Gasteiger partial charge < -0.3 is 10.6 Å². The van der Waals surface area contributed by atoms with E-state index in [1.54, 1.807) is 0 Å². The van der Waals surface area contributed by atoms with Crippen LogP contribution in [0.4, 0.5) is 10.5 Å². The molecule has 20 heavy (non-hydrogen) atoms. The number of nitrogens with one attached hydrogen (secondary N) is 2. The molecule has 0 saturated carbocycles. The van der Waals surface area contributed by atoms with Crippen molar-refractivity contribution in [3.05, 3.63) is 64.1 Å². The SMILES string of the molecule is Cc1ccc(CCNC(=O)Nc2ccc(Br)cc2)cc1. The molecule has 2 rings (SSSR count). The maximum atomic E-state index is 11.7. The second-order valence-electron chi connectivity index (χ2n) is 4.62. The van der Waals surface area contributed by atoms with Gasteiger partial charge in [0.2, 0.25) is 0 Å². The van der Waals surface area contributed by atoms with Crippen LogP contribution in [0.2, 0.25) is 0 Å². The zero-order valence-corrected chi connectivity index (χ0v) is 12.9. The van der Waals surface area contributed by atoms with E-state index in [2.05, 4.69) is 57.8 Å². The highest BCUT2D eigenvalue weighted by molar-refractivity contribution is 9.10. The Morgan fingerprint density at radius 1 is 1.05 bits per heavy atom. The fraction of sp³-hybridized carbons (Fsp3) is 0.188. The maximum Gasteiger partial charge on any atom is 0.319 e. The molecule has 0 aliphatic heterocycles. The molecule has 0 aromatic heterocycles. The van der Waals surface area contributed by atoms with Gasteiger partial charge in [-0.25, -0.2) is 4.79 Å². The first-order valence-electron chi connectivity index (χ1n) is 6.49. The first-order chi connectivity index (χ1) is 9.63. The van der Waals surface area contributed by atoms with E-state index in [1.165, 1.54) is 11.1 Å². The number of halogens is 1. The van der Waals surface area contributed by atoms with E-state index >= 15 is 0 Å².